The zero-order chi connectivity index (χ0) is 31.1. The number of nitrogens with zero attached hydrogens (tertiary/aromatic N) is 3. The monoisotopic (exact) mass is 801 g/mol. The van der Waals surface area contributed by atoms with Crippen LogP contribution in [-0.4, -0.2) is 19.2 Å². The van der Waals surface area contributed by atoms with Crippen LogP contribution in [0.1, 0.15) is 0 Å². The molecule has 0 amide bonds. The summed E-state index contributed by atoms with van der Waals surface area (Å²) in [6.45, 7) is 0. The Hall–Kier alpha value is -5.13. The van der Waals surface area contributed by atoms with Gasteiger partial charge in [0.2, 0.25) is 0 Å². The molecule has 8 aromatic rings. The second kappa shape index (κ2) is 15.0. The third kappa shape index (κ3) is 6.86. The molecule has 5 aromatic carbocycles. The molecular formula is C41H26IrN3OS. The molecule has 226 valence electrons. The predicted octanol–water partition coefficient (Wildman–Crippen LogP) is 9.43. The number of hydrogen-bond donors (Lipinski definition) is 0. The molecule has 1 unspecified atom stereocenters. The van der Waals surface area contributed by atoms with Crippen LogP contribution in [-0.2, 0) is 30.9 Å². The van der Waals surface area contributed by atoms with Crippen molar-refractivity contribution in [3.05, 3.63) is 176 Å². The normalized spacial score (nSPS) is 12.4. The van der Waals surface area contributed by atoms with E-state index in [9.17, 15) is 4.21 Å². The van der Waals surface area contributed by atoms with Gasteiger partial charge >= 0.3 is 20.1 Å². The van der Waals surface area contributed by atoms with Crippen molar-refractivity contribution in [3.63, 3.8) is 0 Å². The van der Waals surface area contributed by atoms with Crippen molar-refractivity contribution < 1.29 is 24.3 Å². The maximum Gasteiger partial charge on any atom is 3.00 e. The van der Waals surface area contributed by atoms with Gasteiger partial charge in [0.1, 0.15) is 0 Å². The van der Waals surface area contributed by atoms with E-state index in [0.717, 1.165) is 59.7 Å². The molecule has 4 nitrogen and oxygen atoms in total. The molecule has 9 rings (SSSR count). The molecule has 47 heavy (non-hydrogen) atoms. The van der Waals surface area contributed by atoms with Gasteiger partial charge in [0.25, 0.3) is 0 Å². The second-order valence-electron chi connectivity index (χ2n) is 10.3. The van der Waals surface area contributed by atoms with Crippen LogP contribution < -0.4 is 0 Å². The van der Waals surface area contributed by atoms with Crippen LogP contribution in [0, 0.1) is 18.2 Å². The number of benzene rings is 5. The van der Waals surface area contributed by atoms with E-state index in [1.807, 2.05) is 134 Å². The van der Waals surface area contributed by atoms with Gasteiger partial charge in [0, 0.05) is 34.3 Å². The van der Waals surface area contributed by atoms with E-state index in [1.54, 1.807) is 12.4 Å². The summed E-state index contributed by atoms with van der Waals surface area (Å²) in [7, 11) is -1.19. The largest absolute Gasteiger partial charge is 3.00 e. The average molecular weight is 801 g/mol. The molecule has 6 heteroatoms. The molecule has 0 fully saturated rings. The van der Waals surface area contributed by atoms with E-state index in [2.05, 4.69) is 45.3 Å². The first kappa shape index (κ1) is 31.8. The Morgan fingerprint density at radius 3 is 1.74 bits per heavy atom. The van der Waals surface area contributed by atoms with Crippen LogP contribution in [0.3, 0.4) is 0 Å². The molecule has 0 aliphatic carbocycles. The van der Waals surface area contributed by atoms with Crippen LogP contribution in [0.25, 0.3) is 55.3 Å². The Morgan fingerprint density at radius 2 is 1.13 bits per heavy atom. The van der Waals surface area contributed by atoms with Crippen molar-refractivity contribution in [1.82, 2.24) is 15.0 Å². The van der Waals surface area contributed by atoms with Crippen LogP contribution >= 0.6 is 0 Å². The van der Waals surface area contributed by atoms with Crippen molar-refractivity contribution in [2.24, 2.45) is 0 Å². The van der Waals surface area contributed by atoms with Crippen LogP contribution in [0.15, 0.2) is 168 Å². The Labute approximate surface area is 290 Å². The molecule has 1 aliphatic heterocycles. The SMILES string of the molecule is O=S1c2ccc[c-]c2-c2nccc3c2c1cc1ccccc13.[Ir+3].[c-]1ccccc1-c1ccccn1.[c-]1ccccc1-c1ccccn1. The third-order valence-electron chi connectivity index (χ3n) is 7.49. The number of fused-ring (bicyclic) bond motifs is 4. The summed E-state index contributed by atoms with van der Waals surface area (Å²) in [4.78, 5) is 14.6. The topological polar surface area (TPSA) is 55.7 Å². The molecule has 0 spiro atoms. The fourth-order valence-electron chi connectivity index (χ4n) is 5.38. The summed E-state index contributed by atoms with van der Waals surface area (Å²) in [5.74, 6) is 0. The minimum Gasteiger partial charge on any atom is -0.305 e. The first-order valence-corrected chi connectivity index (χ1v) is 15.9. The summed E-state index contributed by atoms with van der Waals surface area (Å²) < 4.78 is 13.0. The Morgan fingerprint density at radius 1 is 0.511 bits per heavy atom. The van der Waals surface area contributed by atoms with Crippen molar-refractivity contribution in [2.45, 2.75) is 9.79 Å². The Bertz CT molecular complexity index is 2120. The Kier molecular flexibility index (Phi) is 10.1. The Balaban J connectivity index is 0.000000132. The van der Waals surface area contributed by atoms with Gasteiger partial charge in [-0.15, -0.1) is 102 Å². The van der Waals surface area contributed by atoms with Crippen LogP contribution in [0.5, 0.6) is 0 Å². The summed E-state index contributed by atoms with van der Waals surface area (Å²) in [6, 6.07) is 54.7. The van der Waals surface area contributed by atoms with Gasteiger partial charge in [0.05, 0.1) is 0 Å². The van der Waals surface area contributed by atoms with E-state index in [-0.39, 0.29) is 20.1 Å². The summed E-state index contributed by atoms with van der Waals surface area (Å²) in [6.07, 6.45) is 5.40. The summed E-state index contributed by atoms with van der Waals surface area (Å²) >= 11 is 0. The van der Waals surface area contributed by atoms with Crippen LogP contribution in [0.2, 0.25) is 0 Å². The standard InChI is InChI=1S/C19H10NOS.2C11H8N.Ir/c21-22-16-8-4-3-7-15(16)19-18-14(9-10-20-19)13-6-2-1-5-12(13)11-17(18)22;2*1-2-6-10(7-3-1)11-8-4-5-9-12-11;/h1-6,8-11H;2*1-6,8-9H;/q3*-1;+3. The molecule has 3 aromatic heterocycles. The summed E-state index contributed by atoms with van der Waals surface area (Å²) in [5.41, 5.74) is 5.76. The summed E-state index contributed by atoms with van der Waals surface area (Å²) in [5, 5.41) is 4.38. The number of pyridine rings is 3. The van der Waals surface area contributed by atoms with Gasteiger partial charge in [-0.1, -0.05) is 48.5 Å². The number of aromatic nitrogens is 3. The first-order chi connectivity index (χ1) is 22.8. The molecule has 0 saturated carbocycles. The molecule has 0 bridgehead atoms. The van der Waals surface area contributed by atoms with Crippen molar-refractivity contribution in [3.8, 4) is 33.8 Å². The molecule has 0 N–H and O–H groups in total. The second-order valence-corrected chi connectivity index (χ2v) is 11.8. The smallest absolute Gasteiger partial charge is 0.305 e. The van der Waals surface area contributed by atoms with Gasteiger partial charge in [-0.3, -0.25) is 4.21 Å². The molecule has 0 radical (unpaired) electrons. The zero-order valence-corrected chi connectivity index (χ0v) is 28.2. The van der Waals surface area contributed by atoms with Crippen LogP contribution in [0.4, 0.5) is 0 Å². The van der Waals surface area contributed by atoms with Gasteiger partial charge in [-0.05, 0) is 67.8 Å². The van der Waals surface area contributed by atoms with Crippen molar-refractivity contribution in [2.75, 3.05) is 0 Å². The van der Waals surface area contributed by atoms with E-state index in [0.29, 0.717) is 0 Å². The maximum atomic E-state index is 13.0. The maximum absolute atomic E-state index is 13.0. The van der Waals surface area contributed by atoms with E-state index < -0.39 is 10.8 Å². The van der Waals surface area contributed by atoms with Gasteiger partial charge in [-0.25, -0.2) is 0 Å². The molecule has 0 saturated heterocycles. The van der Waals surface area contributed by atoms with E-state index in [4.69, 9.17) is 0 Å². The number of hydrogen-bond acceptors (Lipinski definition) is 4. The fraction of sp³-hybridized carbons (Fsp3) is 0. The van der Waals surface area contributed by atoms with Crippen molar-refractivity contribution in [1.29, 1.82) is 0 Å². The number of rotatable bonds is 2. The zero-order valence-electron chi connectivity index (χ0n) is 25.0. The predicted molar refractivity (Wildman–Crippen MR) is 185 cm³/mol. The van der Waals surface area contributed by atoms with Gasteiger partial charge < -0.3 is 15.0 Å². The minimum absolute atomic E-state index is 0. The van der Waals surface area contributed by atoms with Gasteiger partial charge in [0.15, 0.2) is 0 Å². The fourth-order valence-corrected chi connectivity index (χ4v) is 6.79. The van der Waals surface area contributed by atoms with Gasteiger partial charge in [-0.2, -0.15) is 0 Å². The first-order valence-electron chi connectivity index (χ1n) is 14.8. The minimum atomic E-state index is -1.19. The third-order valence-corrected chi connectivity index (χ3v) is 8.95. The molecule has 1 atom stereocenters. The molecule has 1 aliphatic rings. The molecule has 4 heterocycles. The molecular weight excluding hydrogens is 775 g/mol. The van der Waals surface area contributed by atoms with Crippen molar-refractivity contribution >= 4 is 32.3 Å². The quantitative estimate of drug-likeness (QED) is 0.129. The van der Waals surface area contributed by atoms with E-state index in [1.165, 1.54) is 5.39 Å². The van der Waals surface area contributed by atoms with E-state index >= 15 is 0 Å². The average Bonchev–Trinajstić information content (AvgIpc) is 3.15.